The molecule has 0 aliphatic heterocycles. The van der Waals surface area contributed by atoms with Crippen molar-refractivity contribution in [2.45, 2.75) is 26.0 Å². The zero-order valence-corrected chi connectivity index (χ0v) is 8.55. The first kappa shape index (κ1) is 10.5. The van der Waals surface area contributed by atoms with Crippen LogP contribution in [0.2, 0.25) is 5.02 Å². The molecule has 3 N–H and O–H groups in total. The minimum Gasteiger partial charge on any atom is -0.387 e. The number of benzene rings is 1. The molecule has 2 atom stereocenters. The topological polar surface area (TPSA) is 46.2 Å². The van der Waals surface area contributed by atoms with Gasteiger partial charge in [-0.15, -0.1) is 0 Å². The van der Waals surface area contributed by atoms with Gasteiger partial charge in [-0.05, 0) is 37.1 Å². The number of aryl methyl sites for hydroxylation is 1. The van der Waals surface area contributed by atoms with E-state index in [2.05, 4.69) is 0 Å². The van der Waals surface area contributed by atoms with Crippen LogP contribution in [0.25, 0.3) is 0 Å². The van der Waals surface area contributed by atoms with E-state index in [9.17, 15) is 5.11 Å². The van der Waals surface area contributed by atoms with E-state index < -0.39 is 6.10 Å². The molecule has 0 saturated heterocycles. The van der Waals surface area contributed by atoms with Crippen molar-refractivity contribution in [2.24, 2.45) is 5.73 Å². The Bertz CT molecular complexity index is 299. The number of aliphatic hydroxyl groups is 1. The lowest BCUT2D eigenvalue weighted by molar-refractivity contribution is 0.152. The highest BCUT2D eigenvalue weighted by Gasteiger charge is 2.14. The van der Waals surface area contributed by atoms with Crippen molar-refractivity contribution in [3.05, 3.63) is 34.3 Å². The van der Waals surface area contributed by atoms with E-state index in [1.807, 2.05) is 13.0 Å². The van der Waals surface area contributed by atoms with Gasteiger partial charge in [-0.25, -0.2) is 0 Å². The molecule has 0 amide bonds. The Hall–Kier alpha value is -0.570. The molecule has 0 aromatic heterocycles. The molecule has 0 saturated carbocycles. The molecule has 0 fully saturated rings. The van der Waals surface area contributed by atoms with E-state index in [0.29, 0.717) is 5.02 Å². The molecular formula is C10H14ClNO. The maximum absolute atomic E-state index is 9.72. The van der Waals surface area contributed by atoms with E-state index in [1.54, 1.807) is 19.1 Å². The molecule has 2 nitrogen and oxygen atoms in total. The zero-order chi connectivity index (χ0) is 10.0. The minimum atomic E-state index is -0.640. The molecule has 0 radical (unpaired) electrons. The van der Waals surface area contributed by atoms with Crippen LogP contribution in [0.1, 0.15) is 24.2 Å². The van der Waals surface area contributed by atoms with Crippen molar-refractivity contribution in [3.8, 4) is 0 Å². The number of hydrogen-bond donors (Lipinski definition) is 2. The van der Waals surface area contributed by atoms with Crippen molar-refractivity contribution in [2.75, 3.05) is 0 Å². The van der Waals surface area contributed by atoms with Gasteiger partial charge in [-0.1, -0.05) is 17.7 Å². The second-order valence-electron chi connectivity index (χ2n) is 3.30. The Balaban J connectivity index is 3.05. The molecule has 1 aromatic carbocycles. The Labute approximate surface area is 83.3 Å². The van der Waals surface area contributed by atoms with Crippen molar-refractivity contribution < 1.29 is 5.11 Å². The zero-order valence-electron chi connectivity index (χ0n) is 7.79. The summed E-state index contributed by atoms with van der Waals surface area (Å²) in [6, 6.07) is 5.15. The fourth-order valence-corrected chi connectivity index (χ4v) is 1.39. The van der Waals surface area contributed by atoms with Crippen LogP contribution in [0.15, 0.2) is 18.2 Å². The Morgan fingerprint density at radius 1 is 1.46 bits per heavy atom. The van der Waals surface area contributed by atoms with Gasteiger partial charge in [-0.3, -0.25) is 0 Å². The van der Waals surface area contributed by atoms with Crippen LogP contribution in [0, 0.1) is 6.92 Å². The lowest BCUT2D eigenvalue weighted by Crippen LogP contribution is -2.24. The highest BCUT2D eigenvalue weighted by molar-refractivity contribution is 6.30. The summed E-state index contributed by atoms with van der Waals surface area (Å²) in [5.74, 6) is 0. The molecule has 3 heteroatoms. The molecule has 1 aromatic rings. The summed E-state index contributed by atoms with van der Waals surface area (Å²) in [4.78, 5) is 0. The fraction of sp³-hybridized carbons (Fsp3) is 0.400. The normalized spacial score (nSPS) is 15.5. The predicted molar refractivity (Wildman–Crippen MR) is 54.8 cm³/mol. The SMILES string of the molecule is Cc1ccc(Cl)cc1[C@@H](O)[C@H](C)N. The summed E-state index contributed by atoms with van der Waals surface area (Å²) in [6.07, 6.45) is -0.640. The molecule has 1 rings (SSSR count). The summed E-state index contributed by atoms with van der Waals surface area (Å²) >= 11 is 5.81. The molecule has 0 spiro atoms. The predicted octanol–water partition coefficient (Wildman–Crippen LogP) is 2.03. The van der Waals surface area contributed by atoms with Crippen LogP contribution in [-0.2, 0) is 0 Å². The van der Waals surface area contributed by atoms with Crippen molar-refractivity contribution >= 4 is 11.6 Å². The maximum atomic E-state index is 9.72. The lowest BCUT2D eigenvalue weighted by atomic mass is 9.99. The van der Waals surface area contributed by atoms with Gasteiger partial charge in [0.1, 0.15) is 0 Å². The average Bonchev–Trinajstić information content (AvgIpc) is 2.08. The third kappa shape index (κ3) is 2.44. The number of rotatable bonds is 2. The van der Waals surface area contributed by atoms with E-state index in [4.69, 9.17) is 17.3 Å². The van der Waals surface area contributed by atoms with Crippen LogP contribution in [0.3, 0.4) is 0 Å². The summed E-state index contributed by atoms with van der Waals surface area (Å²) in [7, 11) is 0. The Morgan fingerprint density at radius 2 is 2.08 bits per heavy atom. The second kappa shape index (κ2) is 4.09. The number of halogens is 1. The van der Waals surface area contributed by atoms with Gasteiger partial charge in [0.05, 0.1) is 6.10 Å². The van der Waals surface area contributed by atoms with Crippen molar-refractivity contribution in [1.82, 2.24) is 0 Å². The van der Waals surface area contributed by atoms with Crippen LogP contribution >= 0.6 is 11.6 Å². The summed E-state index contributed by atoms with van der Waals surface area (Å²) in [6.45, 7) is 3.70. The molecule has 13 heavy (non-hydrogen) atoms. The Morgan fingerprint density at radius 3 is 2.62 bits per heavy atom. The lowest BCUT2D eigenvalue weighted by Gasteiger charge is -2.17. The highest BCUT2D eigenvalue weighted by atomic mass is 35.5. The quantitative estimate of drug-likeness (QED) is 0.766. The molecule has 0 aliphatic carbocycles. The molecule has 0 unspecified atom stereocenters. The van der Waals surface area contributed by atoms with Crippen LogP contribution < -0.4 is 5.73 Å². The summed E-state index contributed by atoms with van der Waals surface area (Å²) in [5.41, 5.74) is 7.41. The third-order valence-electron chi connectivity index (χ3n) is 2.06. The van der Waals surface area contributed by atoms with Gasteiger partial charge in [0.15, 0.2) is 0 Å². The maximum Gasteiger partial charge on any atom is 0.0941 e. The number of nitrogens with two attached hydrogens (primary N) is 1. The van der Waals surface area contributed by atoms with Crippen LogP contribution in [0.5, 0.6) is 0 Å². The summed E-state index contributed by atoms with van der Waals surface area (Å²) in [5, 5.41) is 10.3. The third-order valence-corrected chi connectivity index (χ3v) is 2.29. The van der Waals surface area contributed by atoms with Crippen LogP contribution in [-0.4, -0.2) is 11.1 Å². The fourth-order valence-electron chi connectivity index (χ4n) is 1.21. The number of aliphatic hydroxyl groups excluding tert-OH is 1. The van der Waals surface area contributed by atoms with Gasteiger partial charge in [0.25, 0.3) is 0 Å². The van der Waals surface area contributed by atoms with Gasteiger partial charge in [0.2, 0.25) is 0 Å². The molecule has 0 heterocycles. The highest BCUT2D eigenvalue weighted by Crippen LogP contribution is 2.23. The smallest absolute Gasteiger partial charge is 0.0941 e. The van der Waals surface area contributed by atoms with Crippen LogP contribution in [0.4, 0.5) is 0 Å². The van der Waals surface area contributed by atoms with E-state index in [0.717, 1.165) is 11.1 Å². The minimum absolute atomic E-state index is 0.280. The van der Waals surface area contributed by atoms with E-state index in [1.165, 1.54) is 0 Å². The van der Waals surface area contributed by atoms with E-state index in [-0.39, 0.29) is 6.04 Å². The largest absolute Gasteiger partial charge is 0.387 e. The van der Waals surface area contributed by atoms with Gasteiger partial charge < -0.3 is 10.8 Å². The number of hydrogen-bond acceptors (Lipinski definition) is 2. The first-order valence-corrected chi connectivity index (χ1v) is 4.60. The molecule has 0 aliphatic rings. The monoisotopic (exact) mass is 199 g/mol. The average molecular weight is 200 g/mol. The molecular weight excluding hydrogens is 186 g/mol. The van der Waals surface area contributed by atoms with E-state index >= 15 is 0 Å². The summed E-state index contributed by atoms with van der Waals surface area (Å²) < 4.78 is 0. The first-order chi connectivity index (χ1) is 6.02. The molecule has 72 valence electrons. The first-order valence-electron chi connectivity index (χ1n) is 4.22. The second-order valence-corrected chi connectivity index (χ2v) is 3.74. The van der Waals surface area contributed by atoms with Crippen molar-refractivity contribution in [1.29, 1.82) is 0 Å². The van der Waals surface area contributed by atoms with Gasteiger partial charge >= 0.3 is 0 Å². The Kier molecular flexibility index (Phi) is 3.31. The van der Waals surface area contributed by atoms with Gasteiger partial charge in [-0.2, -0.15) is 0 Å². The van der Waals surface area contributed by atoms with Gasteiger partial charge in [0, 0.05) is 11.1 Å². The standard InChI is InChI=1S/C10H14ClNO/c1-6-3-4-8(11)5-9(6)10(13)7(2)12/h3-5,7,10,13H,12H2,1-2H3/t7-,10-/m0/s1. The molecule has 0 bridgehead atoms. The van der Waals surface area contributed by atoms with Crippen molar-refractivity contribution in [3.63, 3.8) is 0 Å².